The average Bonchev–Trinajstić information content (AvgIpc) is 3.31. The molecule has 44 heavy (non-hydrogen) atoms. The van der Waals surface area contributed by atoms with Crippen molar-refractivity contribution in [2.45, 2.75) is 24.8 Å². The third-order valence-corrected chi connectivity index (χ3v) is 8.49. The lowest BCUT2D eigenvalue weighted by molar-refractivity contribution is -0.133. The van der Waals surface area contributed by atoms with E-state index in [1.165, 1.54) is 12.0 Å². The summed E-state index contributed by atoms with van der Waals surface area (Å²) in [5, 5.41) is 12.8. The van der Waals surface area contributed by atoms with Gasteiger partial charge in [0, 0.05) is 29.0 Å². The van der Waals surface area contributed by atoms with Crippen LogP contribution in [0.3, 0.4) is 0 Å². The van der Waals surface area contributed by atoms with E-state index in [1.807, 2.05) is 54.6 Å². The highest BCUT2D eigenvalue weighted by Crippen LogP contribution is 2.45. The molecule has 3 aromatic rings. The maximum Gasteiger partial charge on any atom is 0.408 e. The molecule has 4 N–H and O–H groups in total. The van der Waals surface area contributed by atoms with E-state index in [4.69, 9.17) is 10.5 Å². The third-order valence-electron chi connectivity index (χ3n) is 7.82. The maximum absolute atomic E-state index is 13.5. The smallest absolute Gasteiger partial charge is 0.408 e. The zero-order valence-electron chi connectivity index (χ0n) is 23.7. The zero-order valence-corrected chi connectivity index (χ0v) is 25.9. The Kier molecular flexibility index (Phi) is 9.04. The molecule has 1 fully saturated rings. The zero-order chi connectivity index (χ0) is 31.5. The molecule has 0 radical (unpaired) electrons. The van der Waals surface area contributed by atoms with Crippen molar-refractivity contribution in [2.75, 3.05) is 31.8 Å². The Labute approximate surface area is 266 Å². The Morgan fingerprint density at radius 1 is 1.07 bits per heavy atom. The SMILES string of the molecule is COc1ccc(I)cc1N1CCC(=O)N(CNC(=O)C(CC(N)=O)N(CC2c3ccccc3-c3ccccc32)C(=O)O)C1=O. The van der Waals surface area contributed by atoms with Crippen molar-refractivity contribution in [3.8, 4) is 16.9 Å². The summed E-state index contributed by atoms with van der Waals surface area (Å²) in [6.07, 6.45) is -2.03. The van der Waals surface area contributed by atoms with Crippen LogP contribution >= 0.6 is 22.6 Å². The van der Waals surface area contributed by atoms with Gasteiger partial charge in [0.05, 0.1) is 19.2 Å². The predicted octanol–water partition coefficient (Wildman–Crippen LogP) is 3.57. The number of benzene rings is 3. The summed E-state index contributed by atoms with van der Waals surface area (Å²) < 4.78 is 6.25. The minimum atomic E-state index is -1.51. The summed E-state index contributed by atoms with van der Waals surface area (Å²) in [7, 11) is 1.47. The molecule has 3 aromatic carbocycles. The Bertz CT molecular complexity index is 1600. The summed E-state index contributed by atoms with van der Waals surface area (Å²) in [6.45, 7) is -0.548. The number of nitrogens with two attached hydrogens (primary N) is 1. The van der Waals surface area contributed by atoms with Crippen LogP contribution in [0.25, 0.3) is 11.1 Å². The number of methoxy groups -OCH3 is 1. The fraction of sp³-hybridized carbons (Fsp3) is 0.258. The summed E-state index contributed by atoms with van der Waals surface area (Å²) in [5.41, 5.74) is 9.65. The number of nitrogens with one attached hydrogen (secondary N) is 1. The molecule has 2 aliphatic rings. The van der Waals surface area contributed by atoms with Gasteiger partial charge in [-0.15, -0.1) is 0 Å². The van der Waals surface area contributed by atoms with Crippen molar-refractivity contribution in [2.24, 2.45) is 5.73 Å². The molecule has 1 unspecified atom stereocenters. The Hall–Kier alpha value is -4.66. The van der Waals surface area contributed by atoms with Crippen LogP contribution in [0.4, 0.5) is 15.3 Å². The Morgan fingerprint density at radius 2 is 1.70 bits per heavy atom. The van der Waals surface area contributed by atoms with Gasteiger partial charge in [0.25, 0.3) is 0 Å². The van der Waals surface area contributed by atoms with Crippen LogP contribution < -0.4 is 20.7 Å². The van der Waals surface area contributed by atoms with Crippen LogP contribution in [0, 0.1) is 3.57 Å². The lowest BCUT2D eigenvalue weighted by Crippen LogP contribution is -2.58. The number of carbonyl (C=O) groups excluding carboxylic acids is 4. The van der Waals surface area contributed by atoms with Gasteiger partial charge in [-0.1, -0.05) is 48.5 Å². The van der Waals surface area contributed by atoms with Crippen LogP contribution in [0.5, 0.6) is 5.75 Å². The summed E-state index contributed by atoms with van der Waals surface area (Å²) >= 11 is 2.10. The highest BCUT2D eigenvalue weighted by atomic mass is 127. The molecule has 6 amide bonds. The van der Waals surface area contributed by atoms with Gasteiger partial charge in [-0.25, -0.2) is 14.5 Å². The van der Waals surface area contributed by atoms with Crippen LogP contribution in [0.1, 0.15) is 29.9 Å². The molecule has 1 saturated heterocycles. The molecule has 0 aromatic heterocycles. The van der Waals surface area contributed by atoms with Gasteiger partial charge in [0.1, 0.15) is 18.5 Å². The van der Waals surface area contributed by atoms with Crippen LogP contribution in [-0.2, 0) is 14.4 Å². The summed E-state index contributed by atoms with van der Waals surface area (Å²) in [6, 6.07) is 18.3. The molecule has 1 atom stereocenters. The first-order valence-electron chi connectivity index (χ1n) is 13.8. The number of amides is 6. The van der Waals surface area contributed by atoms with E-state index >= 15 is 0 Å². The number of rotatable bonds is 10. The monoisotopic (exact) mass is 711 g/mol. The van der Waals surface area contributed by atoms with Gasteiger partial charge in [-0.05, 0) is 63.0 Å². The Morgan fingerprint density at radius 3 is 2.30 bits per heavy atom. The van der Waals surface area contributed by atoms with Gasteiger partial charge in [0.2, 0.25) is 17.7 Å². The first kappa shape index (κ1) is 30.8. The fourth-order valence-corrected chi connectivity index (χ4v) is 6.22. The molecule has 228 valence electrons. The standard InChI is InChI=1S/C31H30IN5O7/c1-44-26-11-10-18(32)14-24(26)35-13-12-28(39)37(30(35)41)17-34-29(40)25(15-27(33)38)36(31(42)43)16-23-21-8-4-2-6-19(21)20-7-3-5-9-22(20)23/h2-11,14,23,25H,12-13,15-17H2,1H3,(H2,33,38)(H,34,40)(H,42,43). The van der Waals surface area contributed by atoms with Gasteiger partial charge in [-0.3, -0.25) is 24.2 Å². The van der Waals surface area contributed by atoms with Crippen molar-refractivity contribution < 1.29 is 33.8 Å². The molecular formula is C31H30IN5O7. The molecule has 13 heteroatoms. The molecule has 0 saturated carbocycles. The Balaban J connectivity index is 1.37. The molecule has 1 aliphatic carbocycles. The van der Waals surface area contributed by atoms with Gasteiger partial charge in [0.15, 0.2) is 0 Å². The molecular weight excluding hydrogens is 681 g/mol. The third kappa shape index (κ3) is 6.04. The van der Waals surface area contributed by atoms with Crippen molar-refractivity contribution in [1.82, 2.24) is 15.1 Å². The van der Waals surface area contributed by atoms with E-state index < -0.39 is 54.9 Å². The largest absolute Gasteiger partial charge is 0.495 e. The van der Waals surface area contributed by atoms with E-state index in [9.17, 15) is 29.1 Å². The predicted molar refractivity (Wildman–Crippen MR) is 169 cm³/mol. The number of imide groups is 1. The van der Waals surface area contributed by atoms with Crippen molar-refractivity contribution >= 4 is 58.1 Å². The normalized spacial score (nSPS) is 15.0. The summed E-state index contributed by atoms with van der Waals surface area (Å²) in [4.78, 5) is 67.5. The molecule has 0 bridgehead atoms. The van der Waals surface area contributed by atoms with Crippen molar-refractivity contribution in [3.05, 3.63) is 81.4 Å². The van der Waals surface area contributed by atoms with Crippen LogP contribution in [0.2, 0.25) is 0 Å². The number of carbonyl (C=O) groups is 5. The highest BCUT2D eigenvalue weighted by molar-refractivity contribution is 14.1. The maximum atomic E-state index is 13.5. The van der Waals surface area contributed by atoms with Gasteiger partial charge < -0.3 is 20.9 Å². The van der Waals surface area contributed by atoms with Crippen molar-refractivity contribution in [1.29, 1.82) is 0 Å². The minimum Gasteiger partial charge on any atom is -0.495 e. The first-order valence-corrected chi connectivity index (χ1v) is 14.9. The first-order chi connectivity index (χ1) is 21.1. The lowest BCUT2D eigenvalue weighted by Gasteiger charge is -2.35. The second-order valence-corrected chi connectivity index (χ2v) is 11.6. The number of hydrogen-bond acceptors (Lipinski definition) is 6. The molecule has 5 rings (SSSR count). The van der Waals surface area contributed by atoms with Crippen LogP contribution in [0.15, 0.2) is 66.7 Å². The molecule has 0 spiro atoms. The van der Waals surface area contributed by atoms with Gasteiger partial charge >= 0.3 is 12.1 Å². The molecule has 1 heterocycles. The van der Waals surface area contributed by atoms with E-state index in [1.54, 1.807) is 12.1 Å². The molecule has 12 nitrogen and oxygen atoms in total. The van der Waals surface area contributed by atoms with E-state index in [-0.39, 0.29) is 19.5 Å². The fourth-order valence-electron chi connectivity index (χ4n) is 5.75. The second-order valence-electron chi connectivity index (χ2n) is 10.4. The van der Waals surface area contributed by atoms with E-state index in [2.05, 4.69) is 27.9 Å². The number of anilines is 1. The number of nitrogens with zero attached hydrogens (tertiary/aromatic N) is 3. The minimum absolute atomic E-state index is 0.0112. The van der Waals surface area contributed by atoms with E-state index in [0.29, 0.717) is 11.4 Å². The number of halogens is 1. The number of fused-ring (bicyclic) bond motifs is 3. The average molecular weight is 712 g/mol. The summed E-state index contributed by atoms with van der Waals surface area (Å²) in [5.74, 6) is -2.23. The van der Waals surface area contributed by atoms with Crippen molar-refractivity contribution in [3.63, 3.8) is 0 Å². The quantitative estimate of drug-likeness (QED) is 0.271. The highest BCUT2D eigenvalue weighted by Gasteiger charge is 2.39. The number of urea groups is 1. The topological polar surface area (TPSA) is 163 Å². The van der Waals surface area contributed by atoms with Gasteiger partial charge in [-0.2, -0.15) is 0 Å². The molecule has 1 aliphatic heterocycles. The number of hydrogen-bond donors (Lipinski definition) is 3. The number of carboxylic acid groups (broad SMARTS) is 1. The lowest BCUT2D eigenvalue weighted by atomic mass is 9.95. The second kappa shape index (κ2) is 12.9. The number of primary amides is 1. The number of ether oxygens (including phenoxy) is 1. The van der Waals surface area contributed by atoms with Crippen LogP contribution in [-0.4, -0.2) is 77.7 Å². The van der Waals surface area contributed by atoms with E-state index in [0.717, 1.165) is 35.6 Å².